The highest BCUT2D eigenvalue weighted by Gasteiger charge is 2.28. The Labute approximate surface area is 167 Å². The predicted octanol–water partition coefficient (Wildman–Crippen LogP) is 2.70. The van der Waals surface area contributed by atoms with Crippen molar-refractivity contribution in [2.45, 2.75) is 6.42 Å². The van der Waals surface area contributed by atoms with Crippen molar-refractivity contribution < 1.29 is 28.7 Å². The number of amides is 1. The summed E-state index contributed by atoms with van der Waals surface area (Å²) in [6, 6.07) is 8.13. The van der Waals surface area contributed by atoms with Crippen molar-refractivity contribution in [3.05, 3.63) is 51.6 Å². The summed E-state index contributed by atoms with van der Waals surface area (Å²) in [5, 5.41) is 11.5. The van der Waals surface area contributed by atoms with Gasteiger partial charge in [-0.2, -0.15) is 0 Å². The second-order valence-corrected chi connectivity index (χ2v) is 6.44. The molecule has 0 N–H and O–H groups in total. The normalized spacial score (nSPS) is 12.2. The lowest BCUT2D eigenvalue weighted by Crippen LogP contribution is -2.29. The van der Waals surface area contributed by atoms with Crippen LogP contribution in [0.2, 0.25) is 0 Å². The molecule has 0 unspecified atom stereocenters. The summed E-state index contributed by atoms with van der Waals surface area (Å²) in [6.07, 6.45) is 0.543. The maximum atomic E-state index is 12.9. The Morgan fingerprint density at radius 3 is 2.38 bits per heavy atom. The van der Waals surface area contributed by atoms with Crippen molar-refractivity contribution in [2.75, 3.05) is 41.0 Å². The fourth-order valence-corrected chi connectivity index (χ4v) is 3.04. The average molecular weight is 402 g/mol. The molecule has 2 aromatic rings. The van der Waals surface area contributed by atoms with E-state index in [9.17, 15) is 14.9 Å². The first-order valence-electron chi connectivity index (χ1n) is 8.99. The maximum Gasteiger partial charge on any atom is 0.286 e. The number of nitrogens with zero attached hydrogens (tertiary/aromatic N) is 2. The lowest BCUT2D eigenvalue weighted by atomic mass is 10.1. The molecule has 2 aromatic carbocycles. The molecule has 154 valence electrons. The smallest absolute Gasteiger partial charge is 0.286 e. The van der Waals surface area contributed by atoms with E-state index in [1.807, 2.05) is 12.1 Å². The minimum absolute atomic E-state index is 0.0333. The molecule has 0 radical (unpaired) electrons. The standard InChI is InChI=1S/C20H22N2O7/c1-21(7-6-13-4-5-16(26-2)17(10-13)27-3)20(23)14-11-18-19(29-9-8-28-18)12-15(14)22(24)25/h4-5,10-12H,6-9H2,1-3H3. The van der Waals surface area contributed by atoms with Gasteiger partial charge in [0, 0.05) is 19.7 Å². The fourth-order valence-electron chi connectivity index (χ4n) is 3.04. The first kappa shape index (κ1) is 20.2. The van der Waals surface area contributed by atoms with Crippen LogP contribution in [0.15, 0.2) is 30.3 Å². The highest BCUT2D eigenvalue weighted by Crippen LogP contribution is 2.37. The van der Waals surface area contributed by atoms with E-state index >= 15 is 0 Å². The molecule has 0 spiro atoms. The fraction of sp³-hybridized carbons (Fsp3) is 0.350. The third kappa shape index (κ3) is 4.34. The number of methoxy groups -OCH3 is 2. The van der Waals surface area contributed by atoms with Gasteiger partial charge >= 0.3 is 0 Å². The second kappa shape index (κ2) is 8.68. The molecule has 0 saturated heterocycles. The molecule has 0 bridgehead atoms. The summed E-state index contributed by atoms with van der Waals surface area (Å²) in [5.74, 6) is 1.36. The number of ether oxygens (including phenoxy) is 4. The van der Waals surface area contributed by atoms with Crippen molar-refractivity contribution in [1.29, 1.82) is 0 Å². The lowest BCUT2D eigenvalue weighted by molar-refractivity contribution is -0.385. The summed E-state index contributed by atoms with van der Waals surface area (Å²) >= 11 is 0. The van der Waals surface area contributed by atoms with Gasteiger partial charge in [-0.1, -0.05) is 6.07 Å². The van der Waals surface area contributed by atoms with Crippen molar-refractivity contribution in [2.24, 2.45) is 0 Å². The molecule has 29 heavy (non-hydrogen) atoms. The first-order chi connectivity index (χ1) is 13.9. The summed E-state index contributed by atoms with van der Waals surface area (Å²) in [6.45, 7) is 0.996. The van der Waals surface area contributed by atoms with Crippen LogP contribution in [-0.2, 0) is 6.42 Å². The van der Waals surface area contributed by atoms with E-state index in [1.165, 1.54) is 17.0 Å². The predicted molar refractivity (Wildman–Crippen MR) is 104 cm³/mol. The number of nitro groups is 1. The van der Waals surface area contributed by atoms with E-state index in [-0.39, 0.29) is 17.0 Å². The largest absolute Gasteiger partial charge is 0.493 e. The third-order valence-electron chi connectivity index (χ3n) is 4.62. The summed E-state index contributed by atoms with van der Waals surface area (Å²) in [7, 11) is 4.71. The number of carbonyl (C=O) groups excluding carboxylic acids is 1. The minimum atomic E-state index is -0.590. The van der Waals surface area contributed by atoms with Crippen molar-refractivity contribution in [1.82, 2.24) is 4.90 Å². The molecular formula is C20H22N2O7. The number of carbonyl (C=O) groups is 1. The van der Waals surface area contributed by atoms with Gasteiger partial charge in [-0.05, 0) is 24.1 Å². The zero-order chi connectivity index (χ0) is 21.0. The van der Waals surface area contributed by atoms with Gasteiger partial charge in [0.2, 0.25) is 0 Å². The molecule has 0 aromatic heterocycles. The number of fused-ring (bicyclic) bond motifs is 1. The van der Waals surface area contributed by atoms with E-state index in [0.717, 1.165) is 5.56 Å². The number of hydrogen-bond acceptors (Lipinski definition) is 7. The second-order valence-electron chi connectivity index (χ2n) is 6.44. The Balaban J connectivity index is 1.77. The molecular weight excluding hydrogens is 380 g/mol. The van der Waals surface area contributed by atoms with Gasteiger partial charge < -0.3 is 23.8 Å². The molecule has 1 aliphatic rings. The van der Waals surface area contributed by atoms with E-state index in [4.69, 9.17) is 18.9 Å². The van der Waals surface area contributed by atoms with Crippen LogP contribution in [0.4, 0.5) is 5.69 Å². The molecule has 9 nitrogen and oxygen atoms in total. The van der Waals surface area contributed by atoms with Crippen LogP contribution in [0.1, 0.15) is 15.9 Å². The zero-order valence-electron chi connectivity index (χ0n) is 16.5. The topological polar surface area (TPSA) is 100 Å². The Morgan fingerprint density at radius 1 is 1.10 bits per heavy atom. The van der Waals surface area contributed by atoms with E-state index < -0.39 is 10.8 Å². The van der Waals surface area contributed by atoms with Crippen LogP contribution >= 0.6 is 0 Å². The SMILES string of the molecule is COc1ccc(CCN(C)C(=O)c2cc3c(cc2[N+](=O)[O-])OCCO3)cc1OC. The summed E-state index contributed by atoms with van der Waals surface area (Å²) in [4.78, 5) is 25.2. The third-order valence-corrected chi connectivity index (χ3v) is 4.62. The van der Waals surface area contributed by atoms with Gasteiger partial charge in [0.05, 0.1) is 25.2 Å². The molecule has 3 rings (SSSR count). The summed E-state index contributed by atoms with van der Waals surface area (Å²) < 4.78 is 21.3. The van der Waals surface area contributed by atoms with Crippen molar-refractivity contribution in [3.8, 4) is 23.0 Å². The summed E-state index contributed by atoms with van der Waals surface area (Å²) in [5.41, 5.74) is 0.602. The quantitative estimate of drug-likeness (QED) is 0.518. The van der Waals surface area contributed by atoms with Crippen LogP contribution in [0.25, 0.3) is 0 Å². The Hall–Kier alpha value is -3.49. The minimum Gasteiger partial charge on any atom is -0.493 e. The molecule has 0 atom stereocenters. The van der Waals surface area contributed by atoms with Gasteiger partial charge in [0.1, 0.15) is 18.8 Å². The molecule has 0 aliphatic carbocycles. The lowest BCUT2D eigenvalue weighted by Gasteiger charge is -2.21. The van der Waals surface area contributed by atoms with Gasteiger partial charge in [0.15, 0.2) is 23.0 Å². The number of hydrogen-bond donors (Lipinski definition) is 0. The van der Waals surface area contributed by atoms with Gasteiger partial charge in [-0.15, -0.1) is 0 Å². The van der Waals surface area contributed by atoms with E-state index in [2.05, 4.69) is 0 Å². The molecule has 9 heteroatoms. The highest BCUT2D eigenvalue weighted by atomic mass is 16.6. The number of likely N-dealkylation sites (N-methyl/N-ethyl adjacent to an activating group) is 1. The molecule has 1 amide bonds. The Kier molecular flexibility index (Phi) is 6.06. The average Bonchev–Trinajstić information content (AvgIpc) is 2.75. The molecule has 1 aliphatic heterocycles. The Bertz CT molecular complexity index is 929. The van der Waals surface area contributed by atoms with Crippen LogP contribution in [0.5, 0.6) is 23.0 Å². The van der Waals surface area contributed by atoms with Crippen LogP contribution < -0.4 is 18.9 Å². The van der Waals surface area contributed by atoms with Crippen LogP contribution in [-0.4, -0.2) is 56.8 Å². The monoisotopic (exact) mass is 402 g/mol. The first-order valence-corrected chi connectivity index (χ1v) is 8.99. The van der Waals surface area contributed by atoms with E-state index in [0.29, 0.717) is 43.4 Å². The number of benzene rings is 2. The van der Waals surface area contributed by atoms with Crippen LogP contribution in [0.3, 0.4) is 0 Å². The van der Waals surface area contributed by atoms with Crippen LogP contribution in [0, 0.1) is 10.1 Å². The van der Waals surface area contributed by atoms with Crippen molar-refractivity contribution in [3.63, 3.8) is 0 Å². The van der Waals surface area contributed by atoms with Gasteiger partial charge in [0.25, 0.3) is 11.6 Å². The maximum absolute atomic E-state index is 12.9. The number of rotatable bonds is 7. The Morgan fingerprint density at radius 2 is 1.76 bits per heavy atom. The molecule has 0 saturated carbocycles. The van der Waals surface area contributed by atoms with Gasteiger partial charge in [-0.3, -0.25) is 14.9 Å². The number of nitro benzene ring substituents is 1. The van der Waals surface area contributed by atoms with Gasteiger partial charge in [-0.25, -0.2) is 0 Å². The molecule has 1 heterocycles. The zero-order valence-corrected chi connectivity index (χ0v) is 16.5. The van der Waals surface area contributed by atoms with Crippen molar-refractivity contribution >= 4 is 11.6 Å². The molecule has 0 fully saturated rings. The van der Waals surface area contributed by atoms with E-state index in [1.54, 1.807) is 27.3 Å². The highest BCUT2D eigenvalue weighted by molar-refractivity contribution is 5.99.